The van der Waals surface area contributed by atoms with Crippen LogP contribution in [0.4, 0.5) is 4.79 Å². The lowest BCUT2D eigenvalue weighted by molar-refractivity contribution is 0.0201. The highest BCUT2D eigenvalue weighted by Crippen LogP contribution is 2.11. The average molecular weight is 202 g/mol. The monoisotopic (exact) mass is 202 g/mol. The molecule has 0 bridgehead atoms. The number of piperazine rings is 1. The number of hydrogen-bond acceptors (Lipinski definition) is 3. The van der Waals surface area contributed by atoms with Gasteiger partial charge in [0.2, 0.25) is 0 Å². The number of ether oxygens (including phenoxy) is 1. The maximum Gasteiger partial charge on any atom is 0.410 e. The van der Waals surface area contributed by atoms with Crippen LogP contribution in [0.25, 0.3) is 0 Å². The van der Waals surface area contributed by atoms with Crippen LogP contribution >= 0.6 is 0 Å². The predicted octanol–water partition coefficient (Wildman–Crippen LogP) is 1.22. The molecule has 1 heterocycles. The van der Waals surface area contributed by atoms with Crippen molar-refractivity contribution in [1.29, 1.82) is 0 Å². The van der Waals surface area contributed by atoms with Gasteiger partial charge < -0.3 is 15.0 Å². The van der Waals surface area contributed by atoms with Crippen molar-refractivity contribution in [2.45, 2.75) is 39.3 Å². The molecule has 0 unspecified atom stereocenters. The summed E-state index contributed by atoms with van der Waals surface area (Å²) < 4.78 is 20.7. The number of carbonyl (C=O) groups excluding carboxylic acids is 1. The van der Waals surface area contributed by atoms with Crippen LogP contribution in [0.3, 0.4) is 0 Å². The minimum Gasteiger partial charge on any atom is -0.444 e. The third-order valence-electron chi connectivity index (χ3n) is 1.79. The lowest BCUT2D eigenvalue weighted by atomic mass is 10.2. The Morgan fingerprint density at radius 2 is 2.29 bits per heavy atom. The summed E-state index contributed by atoms with van der Waals surface area (Å²) in [5, 5.41) is 3.00. The van der Waals surface area contributed by atoms with E-state index in [1.54, 1.807) is 20.8 Å². The average Bonchev–Trinajstić information content (AvgIpc) is 2.06. The molecule has 0 aliphatic carbocycles. The van der Waals surface area contributed by atoms with Crippen LogP contribution in [0.2, 0.25) is 0 Å². The lowest BCUT2D eigenvalue weighted by Gasteiger charge is -2.33. The van der Waals surface area contributed by atoms with Crippen molar-refractivity contribution >= 4 is 6.09 Å². The summed E-state index contributed by atoms with van der Waals surface area (Å²) in [6, 6.07) is 0.0799. The molecule has 1 atom stereocenters. The Morgan fingerprint density at radius 1 is 1.64 bits per heavy atom. The number of amides is 1. The summed E-state index contributed by atoms with van der Waals surface area (Å²) in [4.78, 5) is 13.0. The second-order valence-electron chi connectivity index (χ2n) is 4.53. The van der Waals surface area contributed by atoms with Crippen molar-refractivity contribution in [1.82, 2.24) is 10.2 Å². The third-order valence-corrected chi connectivity index (χ3v) is 1.79. The molecule has 82 valence electrons. The fraction of sp³-hybridized carbons (Fsp3) is 0.900. The Morgan fingerprint density at radius 3 is 2.86 bits per heavy atom. The smallest absolute Gasteiger partial charge is 0.410 e. The van der Waals surface area contributed by atoms with Crippen LogP contribution in [0.15, 0.2) is 0 Å². The van der Waals surface area contributed by atoms with E-state index in [2.05, 4.69) is 5.32 Å². The van der Waals surface area contributed by atoms with Crippen LogP contribution in [0.5, 0.6) is 0 Å². The van der Waals surface area contributed by atoms with Gasteiger partial charge in [-0.25, -0.2) is 4.79 Å². The summed E-state index contributed by atoms with van der Waals surface area (Å²) in [7, 11) is 0. The number of carbonyl (C=O) groups is 1. The second kappa shape index (κ2) is 4.17. The number of rotatable bonds is 0. The molecule has 0 aromatic rings. The van der Waals surface area contributed by atoms with E-state index < -0.39 is 18.2 Å². The number of nitrogens with zero attached hydrogens (tertiary/aromatic N) is 1. The first-order chi connectivity index (χ1) is 7.12. The SMILES string of the molecule is [2H]C1([2H])CN[C@@H](C)CN1C(=O)OC(C)(C)C. The largest absolute Gasteiger partial charge is 0.444 e. The fourth-order valence-corrected chi connectivity index (χ4v) is 1.17. The summed E-state index contributed by atoms with van der Waals surface area (Å²) in [5.41, 5.74) is -0.596. The molecule has 1 fully saturated rings. The van der Waals surface area contributed by atoms with Crippen molar-refractivity contribution < 1.29 is 12.3 Å². The maximum absolute atomic E-state index is 11.8. The molecule has 14 heavy (non-hydrogen) atoms. The zero-order valence-electron chi connectivity index (χ0n) is 11.3. The van der Waals surface area contributed by atoms with Gasteiger partial charge in [-0.3, -0.25) is 0 Å². The van der Waals surface area contributed by atoms with E-state index in [4.69, 9.17) is 7.48 Å². The molecule has 1 amide bonds. The lowest BCUT2D eigenvalue weighted by Crippen LogP contribution is -2.52. The molecule has 1 aliphatic rings. The first kappa shape index (κ1) is 8.53. The van der Waals surface area contributed by atoms with Gasteiger partial charge in [-0.2, -0.15) is 0 Å². The molecular weight excluding hydrogens is 180 g/mol. The first-order valence-electron chi connectivity index (χ1n) is 5.86. The van der Waals surface area contributed by atoms with Crippen molar-refractivity contribution in [3.63, 3.8) is 0 Å². The van der Waals surface area contributed by atoms with Crippen molar-refractivity contribution in [3.05, 3.63) is 0 Å². The van der Waals surface area contributed by atoms with Gasteiger partial charge in [-0.15, -0.1) is 0 Å². The van der Waals surface area contributed by atoms with E-state index >= 15 is 0 Å². The summed E-state index contributed by atoms with van der Waals surface area (Å²) in [5.74, 6) is 0. The van der Waals surface area contributed by atoms with Gasteiger partial charge >= 0.3 is 6.09 Å². The highest BCUT2D eigenvalue weighted by molar-refractivity contribution is 5.68. The van der Waals surface area contributed by atoms with E-state index in [1.807, 2.05) is 6.92 Å². The highest BCUT2D eigenvalue weighted by Gasteiger charge is 2.25. The molecule has 1 rings (SSSR count). The van der Waals surface area contributed by atoms with Crippen LogP contribution < -0.4 is 5.32 Å². The molecular formula is C10H20N2O2. The van der Waals surface area contributed by atoms with E-state index in [0.717, 1.165) is 4.90 Å². The van der Waals surface area contributed by atoms with Crippen molar-refractivity contribution in [3.8, 4) is 0 Å². The quantitative estimate of drug-likeness (QED) is 0.642. The topological polar surface area (TPSA) is 41.6 Å². The van der Waals surface area contributed by atoms with Crippen LogP contribution in [0.1, 0.15) is 30.4 Å². The van der Waals surface area contributed by atoms with Crippen molar-refractivity contribution in [2.75, 3.05) is 19.6 Å². The van der Waals surface area contributed by atoms with Gasteiger partial charge in [-0.1, -0.05) is 0 Å². The first-order valence-corrected chi connectivity index (χ1v) is 4.86. The Hall–Kier alpha value is -0.770. The number of hydrogen-bond donors (Lipinski definition) is 1. The Bertz CT molecular complexity index is 276. The molecule has 1 aliphatic heterocycles. The summed E-state index contributed by atoms with van der Waals surface area (Å²) >= 11 is 0. The molecule has 0 saturated carbocycles. The van der Waals surface area contributed by atoms with Gasteiger partial charge in [0.05, 0.1) is 2.74 Å². The van der Waals surface area contributed by atoms with Crippen molar-refractivity contribution in [2.24, 2.45) is 0 Å². The predicted molar refractivity (Wildman–Crippen MR) is 55.3 cm³/mol. The van der Waals surface area contributed by atoms with E-state index in [9.17, 15) is 4.79 Å². The maximum atomic E-state index is 11.8. The third kappa shape index (κ3) is 3.54. The fourth-order valence-electron chi connectivity index (χ4n) is 1.17. The molecule has 1 N–H and O–H groups in total. The Kier molecular flexibility index (Phi) is 2.54. The molecule has 4 heteroatoms. The van der Waals surface area contributed by atoms with E-state index in [1.165, 1.54) is 0 Å². The highest BCUT2D eigenvalue weighted by atomic mass is 16.6. The number of nitrogens with one attached hydrogen (secondary N) is 1. The summed E-state index contributed by atoms with van der Waals surface area (Å²) in [6.07, 6.45) is -0.592. The van der Waals surface area contributed by atoms with Gasteiger partial charge in [-0.05, 0) is 27.7 Å². The van der Waals surface area contributed by atoms with Crippen LogP contribution in [-0.4, -0.2) is 42.2 Å². The van der Waals surface area contributed by atoms with E-state index in [0.29, 0.717) is 6.54 Å². The second-order valence-corrected chi connectivity index (χ2v) is 4.53. The minimum absolute atomic E-state index is 0.0799. The normalized spacial score (nSPS) is 29.1. The molecule has 1 saturated heterocycles. The Balaban J connectivity index is 2.72. The zero-order valence-corrected chi connectivity index (χ0v) is 9.26. The molecule has 4 nitrogen and oxygen atoms in total. The zero-order chi connectivity index (χ0) is 12.6. The van der Waals surface area contributed by atoms with Crippen LogP contribution in [0, 0.1) is 0 Å². The molecule has 0 spiro atoms. The molecule has 0 radical (unpaired) electrons. The van der Waals surface area contributed by atoms with Gasteiger partial charge in [0.25, 0.3) is 0 Å². The van der Waals surface area contributed by atoms with Gasteiger partial charge in [0, 0.05) is 25.6 Å². The summed E-state index contributed by atoms with van der Waals surface area (Å²) in [6.45, 7) is 5.99. The minimum atomic E-state index is -1.69. The molecule has 0 aromatic heterocycles. The van der Waals surface area contributed by atoms with Crippen LogP contribution in [-0.2, 0) is 4.74 Å². The standard InChI is InChI=1S/C10H20N2O2/c1-8-7-12(6-5-11-8)9(13)14-10(2,3)4/h8,11H,5-7H2,1-4H3/t8-/m0/s1/i6D2. The van der Waals surface area contributed by atoms with Gasteiger partial charge in [0.1, 0.15) is 5.60 Å². The van der Waals surface area contributed by atoms with Gasteiger partial charge in [0.15, 0.2) is 0 Å². The Labute approximate surface area is 88.4 Å². The molecule has 0 aromatic carbocycles. The van der Waals surface area contributed by atoms with E-state index in [-0.39, 0.29) is 12.6 Å².